The molecule has 0 aromatic rings. The van der Waals surface area contributed by atoms with Crippen LogP contribution in [0.15, 0.2) is 0 Å². The first-order valence-corrected chi connectivity index (χ1v) is 6.77. The van der Waals surface area contributed by atoms with E-state index < -0.39 is 12.3 Å². The first-order valence-electron chi connectivity index (χ1n) is 6.77. The fourth-order valence-electron chi connectivity index (χ4n) is 2.24. The predicted octanol–water partition coefficient (Wildman–Crippen LogP) is 0.559. The molecule has 6 heteroatoms. The lowest BCUT2D eigenvalue weighted by molar-refractivity contribution is -0.140. The van der Waals surface area contributed by atoms with Gasteiger partial charge in [0.2, 0.25) is 11.8 Å². The quantitative estimate of drug-likeness (QED) is 0.693. The lowest BCUT2D eigenvalue weighted by atomic mass is 10.1. The maximum atomic E-state index is 12.2. The van der Waals surface area contributed by atoms with Gasteiger partial charge < -0.3 is 20.1 Å². The fourth-order valence-corrected chi connectivity index (χ4v) is 2.24. The fraction of sp³-hybridized carbons (Fsp3) is 0.846. The van der Waals surface area contributed by atoms with Crippen LogP contribution in [0.4, 0.5) is 0 Å². The van der Waals surface area contributed by atoms with Crippen molar-refractivity contribution < 1.29 is 19.1 Å². The summed E-state index contributed by atoms with van der Waals surface area (Å²) < 4.78 is 10.3. The zero-order valence-corrected chi connectivity index (χ0v) is 11.9. The van der Waals surface area contributed by atoms with Gasteiger partial charge in [-0.15, -0.1) is 0 Å². The van der Waals surface area contributed by atoms with E-state index >= 15 is 0 Å². The molecular weight excluding hydrogens is 248 g/mol. The van der Waals surface area contributed by atoms with Crippen LogP contribution in [0.25, 0.3) is 0 Å². The van der Waals surface area contributed by atoms with Gasteiger partial charge in [-0.1, -0.05) is 13.3 Å². The molecule has 0 aliphatic carbocycles. The summed E-state index contributed by atoms with van der Waals surface area (Å²) in [5, 5.41) is 5.63. The zero-order valence-electron chi connectivity index (χ0n) is 11.9. The molecule has 2 N–H and O–H groups in total. The number of methoxy groups -OCH3 is 2. The third-order valence-corrected chi connectivity index (χ3v) is 3.36. The Morgan fingerprint density at radius 3 is 2.68 bits per heavy atom. The normalized spacial score (nSPS) is 21.7. The van der Waals surface area contributed by atoms with Crippen molar-refractivity contribution in [1.82, 2.24) is 10.6 Å². The molecule has 0 unspecified atom stereocenters. The second-order valence-corrected chi connectivity index (χ2v) is 4.73. The molecular formula is C13H24N2O4. The van der Waals surface area contributed by atoms with Crippen LogP contribution in [0.1, 0.15) is 39.0 Å². The average Bonchev–Trinajstić information content (AvgIpc) is 2.63. The minimum Gasteiger partial charge on any atom is -0.354 e. The van der Waals surface area contributed by atoms with Gasteiger partial charge in [0.1, 0.15) is 6.04 Å². The molecule has 1 rings (SSSR count). The molecule has 0 spiro atoms. The van der Waals surface area contributed by atoms with Crippen LogP contribution >= 0.6 is 0 Å². The van der Waals surface area contributed by atoms with E-state index in [4.69, 9.17) is 9.47 Å². The van der Waals surface area contributed by atoms with Crippen molar-refractivity contribution in [1.29, 1.82) is 0 Å². The molecule has 0 aromatic carbocycles. The van der Waals surface area contributed by atoms with Crippen LogP contribution < -0.4 is 10.6 Å². The molecule has 0 aromatic heterocycles. The predicted molar refractivity (Wildman–Crippen MR) is 70.4 cm³/mol. The molecule has 19 heavy (non-hydrogen) atoms. The lowest BCUT2D eigenvalue weighted by Gasteiger charge is -2.26. The van der Waals surface area contributed by atoms with Gasteiger partial charge in [0.15, 0.2) is 6.29 Å². The standard InChI is InChI=1S/C13H24N2O4/c1-4-9(13(18-2)19-3)15-12(17)10-7-5-6-8-11(16)14-10/h9-10,13H,4-8H2,1-3H3,(H,14,16)(H,15,17)/t9-,10-/m1/s1. The molecule has 2 atom stereocenters. The third-order valence-electron chi connectivity index (χ3n) is 3.36. The number of hydrogen-bond donors (Lipinski definition) is 2. The SMILES string of the molecule is CC[C@@H](NC(=O)[C@H]1CCCCC(=O)N1)C(OC)OC. The molecule has 1 saturated heterocycles. The topological polar surface area (TPSA) is 76.7 Å². The van der Waals surface area contributed by atoms with E-state index in [1.54, 1.807) is 0 Å². The van der Waals surface area contributed by atoms with Crippen molar-refractivity contribution >= 4 is 11.8 Å². The number of amides is 2. The maximum absolute atomic E-state index is 12.2. The number of nitrogens with one attached hydrogen (secondary N) is 2. The molecule has 1 aliphatic heterocycles. The highest BCUT2D eigenvalue weighted by Crippen LogP contribution is 2.11. The Morgan fingerprint density at radius 1 is 1.42 bits per heavy atom. The van der Waals surface area contributed by atoms with Gasteiger partial charge >= 0.3 is 0 Å². The zero-order chi connectivity index (χ0) is 14.3. The van der Waals surface area contributed by atoms with Crippen LogP contribution in [0.5, 0.6) is 0 Å². The monoisotopic (exact) mass is 272 g/mol. The number of carbonyl (C=O) groups excluding carboxylic acids is 2. The van der Waals surface area contributed by atoms with Crippen LogP contribution in [-0.2, 0) is 19.1 Å². The van der Waals surface area contributed by atoms with Crippen molar-refractivity contribution in [3.8, 4) is 0 Å². The second kappa shape index (κ2) is 8.12. The van der Waals surface area contributed by atoms with E-state index in [1.807, 2.05) is 6.92 Å². The molecule has 1 heterocycles. The molecule has 0 bridgehead atoms. The number of ether oxygens (including phenoxy) is 2. The van der Waals surface area contributed by atoms with Crippen molar-refractivity contribution in [2.24, 2.45) is 0 Å². The highest BCUT2D eigenvalue weighted by molar-refractivity contribution is 5.88. The summed E-state index contributed by atoms with van der Waals surface area (Å²) in [6.07, 6.45) is 3.12. The smallest absolute Gasteiger partial charge is 0.242 e. The lowest BCUT2D eigenvalue weighted by Crippen LogP contribution is -2.52. The van der Waals surface area contributed by atoms with Gasteiger partial charge in [0.25, 0.3) is 0 Å². The molecule has 110 valence electrons. The molecule has 6 nitrogen and oxygen atoms in total. The second-order valence-electron chi connectivity index (χ2n) is 4.73. The summed E-state index contributed by atoms with van der Waals surface area (Å²) in [6.45, 7) is 1.95. The summed E-state index contributed by atoms with van der Waals surface area (Å²) in [4.78, 5) is 23.6. The molecule has 0 saturated carbocycles. The van der Waals surface area contributed by atoms with E-state index in [0.717, 1.165) is 12.8 Å². The van der Waals surface area contributed by atoms with Crippen LogP contribution in [0.3, 0.4) is 0 Å². The summed E-state index contributed by atoms with van der Waals surface area (Å²) in [7, 11) is 3.08. The minimum atomic E-state index is -0.476. The van der Waals surface area contributed by atoms with E-state index in [-0.39, 0.29) is 17.9 Å². The Kier molecular flexibility index (Phi) is 6.80. The maximum Gasteiger partial charge on any atom is 0.242 e. The largest absolute Gasteiger partial charge is 0.354 e. The van der Waals surface area contributed by atoms with Crippen molar-refractivity contribution in [2.45, 2.75) is 57.4 Å². The van der Waals surface area contributed by atoms with E-state index in [1.165, 1.54) is 14.2 Å². The number of rotatable bonds is 6. The van der Waals surface area contributed by atoms with Gasteiger partial charge in [-0.25, -0.2) is 0 Å². The summed E-state index contributed by atoms with van der Waals surface area (Å²) >= 11 is 0. The Morgan fingerprint density at radius 2 is 2.11 bits per heavy atom. The van der Waals surface area contributed by atoms with Gasteiger partial charge in [-0.2, -0.15) is 0 Å². The van der Waals surface area contributed by atoms with Gasteiger partial charge in [-0.3, -0.25) is 9.59 Å². The summed E-state index contributed by atoms with van der Waals surface area (Å²) in [6, 6.07) is -0.666. The van der Waals surface area contributed by atoms with E-state index in [9.17, 15) is 9.59 Å². The highest BCUT2D eigenvalue weighted by atomic mass is 16.7. The first kappa shape index (κ1) is 15.9. The van der Waals surface area contributed by atoms with Crippen molar-refractivity contribution in [3.63, 3.8) is 0 Å². The van der Waals surface area contributed by atoms with E-state index in [2.05, 4.69) is 10.6 Å². The van der Waals surface area contributed by atoms with Crippen molar-refractivity contribution in [3.05, 3.63) is 0 Å². The minimum absolute atomic E-state index is 0.0549. The molecule has 1 fully saturated rings. The average molecular weight is 272 g/mol. The Balaban J connectivity index is 2.58. The Hall–Kier alpha value is -1.14. The van der Waals surface area contributed by atoms with Gasteiger partial charge in [-0.05, 0) is 19.3 Å². The van der Waals surface area contributed by atoms with Gasteiger partial charge in [0, 0.05) is 20.6 Å². The number of hydrogen-bond acceptors (Lipinski definition) is 4. The molecule has 1 aliphatic rings. The van der Waals surface area contributed by atoms with Gasteiger partial charge in [0.05, 0.1) is 6.04 Å². The Bertz CT molecular complexity index is 305. The van der Waals surface area contributed by atoms with Crippen molar-refractivity contribution in [2.75, 3.05) is 14.2 Å². The highest BCUT2D eigenvalue weighted by Gasteiger charge is 2.27. The molecule has 2 amide bonds. The van der Waals surface area contributed by atoms with E-state index in [0.29, 0.717) is 19.3 Å². The molecule has 0 radical (unpaired) electrons. The van der Waals surface area contributed by atoms with Crippen LogP contribution in [0, 0.1) is 0 Å². The first-order chi connectivity index (χ1) is 9.12. The van der Waals surface area contributed by atoms with Crippen LogP contribution in [-0.4, -0.2) is 44.4 Å². The Labute approximate surface area is 114 Å². The summed E-state index contributed by atoms with van der Waals surface area (Å²) in [5.74, 6) is -0.220. The number of carbonyl (C=O) groups is 2. The third kappa shape index (κ3) is 4.80. The summed E-state index contributed by atoms with van der Waals surface area (Å²) in [5.41, 5.74) is 0. The van der Waals surface area contributed by atoms with Crippen LogP contribution in [0.2, 0.25) is 0 Å².